The molecule has 0 spiro atoms. The summed E-state index contributed by atoms with van der Waals surface area (Å²) >= 11 is 0. The number of urea groups is 1. The van der Waals surface area contributed by atoms with E-state index in [9.17, 15) is 23.1 Å². The molecule has 22 heavy (non-hydrogen) atoms. The number of rotatable bonds is 4. The summed E-state index contributed by atoms with van der Waals surface area (Å²) in [5.74, 6) is 0. The third-order valence-electron chi connectivity index (χ3n) is 3.75. The molecule has 7 heteroatoms. The number of hydrogen-bond acceptors (Lipinski definition) is 2. The summed E-state index contributed by atoms with van der Waals surface area (Å²) < 4.78 is 37.8. The Hall–Kier alpha value is -1.76. The zero-order valence-electron chi connectivity index (χ0n) is 12.0. The molecular formula is C15H19F3N2O2. The maximum absolute atomic E-state index is 12.6. The Morgan fingerprint density at radius 1 is 1.32 bits per heavy atom. The molecule has 2 amide bonds. The van der Waals surface area contributed by atoms with Crippen molar-refractivity contribution in [2.75, 3.05) is 6.54 Å². The highest BCUT2D eigenvalue weighted by molar-refractivity contribution is 5.74. The molecule has 1 aliphatic rings. The second-order valence-electron chi connectivity index (χ2n) is 5.47. The van der Waals surface area contributed by atoms with E-state index in [0.29, 0.717) is 0 Å². The highest BCUT2D eigenvalue weighted by Gasteiger charge is 2.30. The van der Waals surface area contributed by atoms with Gasteiger partial charge in [0.25, 0.3) is 0 Å². The summed E-state index contributed by atoms with van der Waals surface area (Å²) in [5.41, 5.74) is -0.699. The van der Waals surface area contributed by atoms with Gasteiger partial charge in [-0.3, -0.25) is 0 Å². The fraction of sp³-hybridized carbons (Fsp3) is 0.533. The first kappa shape index (κ1) is 16.6. The normalized spacial score (nSPS) is 17.3. The van der Waals surface area contributed by atoms with Crippen molar-refractivity contribution in [1.29, 1.82) is 0 Å². The van der Waals surface area contributed by atoms with Crippen LogP contribution in [0.25, 0.3) is 0 Å². The first-order chi connectivity index (χ1) is 10.4. The number of carbonyl (C=O) groups is 1. The molecule has 1 aromatic rings. The number of hydrogen-bond donors (Lipinski definition) is 3. The SMILES string of the molecule is O=C(NC[C@H](O)c1cccc(C(F)(F)F)c1)NC1CCCC1. The van der Waals surface area contributed by atoms with Gasteiger partial charge in [-0.25, -0.2) is 4.79 Å². The second kappa shape index (κ2) is 7.00. The molecule has 0 bridgehead atoms. The van der Waals surface area contributed by atoms with Crippen molar-refractivity contribution in [2.45, 2.75) is 44.0 Å². The molecular weight excluding hydrogens is 297 g/mol. The summed E-state index contributed by atoms with van der Waals surface area (Å²) in [5, 5.41) is 15.2. The van der Waals surface area contributed by atoms with Gasteiger partial charge in [-0.15, -0.1) is 0 Å². The molecule has 0 aromatic heterocycles. The van der Waals surface area contributed by atoms with Crippen LogP contribution in [0.5, 0.6) is 0 Å². The van der Waals surface area contributed by atoms with Crippen LogP contribution in [0, 0.1) is 0 Å². The van der Waals surface area contributed by atoms with Gasteiger partial charge in [0.2, 0.25) is 0 Å². The van der Waals surface area contributed by atoms with Crippen molar-refractivity contribution in [1.82, 2.24) is 10.6 Å². The summed E-state index contributed by atoms with van der Waals surface area (Å²) in [6.07, 6.45) is -1.61. The van der Waals surface area contributed by atoms with Gasteiger partial charge in [0.1, 0.15) is 0 Å². The fourth-order valence-corrected chi connectivity index (χ4v) is 2.54. The van der Waals surface area contributed by atoms with E-state index >= 15 is 0 Å². The molecule has 1 saturated carbocycles. The number of aliphatic hydroxyl groups is 1. The Labute approximate surface area is 126 Å². The Morgan fingerprint density at radius 3 is 2.64 bits per heavy atom. The molecule has 0 unspecified atom stereocenters. The molecule has 1 atom stereocenters. The quantitative estimate of drug-likeness (QED) is 0.800. The van der Waals surface area contributed by atoms with E-state index in [2.05, 4.69) is 10.6 Å². The summed E-state index contributed by atoms with van der Waals surface area (Å²) in [4.78, 5) is 11.6. The van der Waals surface area contributed by atoms with Gasteiger partial charge in [-0.05, 0) is 30.5 Å². The molecule has 3 N–H and O–H groups in total. The van der Waals surface area contributed by atoms with Crippen molar-refractivity contribution in [3.8, 4) is 0 Å². The first-order valence-corrected chi connectivity index (χ1v) is 7.26. The van der Waals surface area contributed by atoms with Crippen molar-refractivity contribution < 1.29 is 23.1 Å². The topological polar surface area (TPSA) is 61.4 Å². The van der Waals surface area contributed by atoms with Crippen molar-refractivity contribution in [3.05, 3.63) is 35.4 Å². The number of aliphatic hydroxyl groups excluding tert-OH is 1. The van der Waals surface area contributed by atoms with Crippen LogP contribution in [0.3, 0.4) is 0 Å². The van der Waals surface area contributed by atoms with Crippen LogP contribution in [0.4, 0.5) is 18.0 Å². The van der Waals surface area contributed by atoms with Crippen LogP contribution in [-0.2, 0) is 6.18 Å². The van der Waals surface area contributed by atoms with Crippen LogP contribution in [-0.4, -0.2) is 23.7 Å². The standard InChI is InChI=1S/C15H19F3N2O2/c16-15(17,18)11-5-3-4-10(8-11)13(21)9-19-14(22)20-12-6-1-2-7-12/h3-5,8,12-13,21H,1-2,6-7,9H2,(H2,19,20,22)/t13-/m0/s1. The minimum absolute atomic E-state index is 0.121. The number of benzene rings is 1. The van der Waals surface area contributed by atoms with E-state index in [1.165, 1.54) is 12.1 Å². The predicted octanol–water partition coefficient (Wildman–Crippen LogP) is 2.98. The van der Waals surface area contributed by atoms with E-state index in [0.717, 1.165) is 37.8 Å². The van der Waals surface area contributed by atoms with Gasteiger partial charge in [0.05, 0.1) is 11.7 Å². The van der Waals surface area contributed by atoms with E-state index in [1.807, 2.05) is 0 Å². The van der Waals surface area contributed by atoms with Gasteiger partial charge >= 0.3 is 12.2 Å². The lowest BCUT2D eigenvalue weighted by molar-refractivity contribution is -0.137. The molecule has 0 saturated heterocycles. The minimum Gasteiger partial charge on any atom is -0.387 e. The van der Waals surface area contributed by atoms with Crippen molar-refractivity contribution in [2.24, 2.45) is 0 Å². The minimum atomic E-state index is -4.46. The van der Waals surface area contributed by atoms with Crippen LogP contribution in [0.2, 0.25) is 0 Å². The van der Waals surface area contributed by atoms with E-state index in [1.54, 1.807) is 0 Å². The molecule has 1 aliphatic carbocycles. The maximum Gasteiger partial charge on any atom is 0.416 e. The van der Waals surface area contributed by atoms with Crippen LogP contribution in [0.15, 0.2) is 24.3 Å². The summed E-state index contributed by atoms with van der Waals surface area (Å²) in [6.45, 7) is -0.139. The molecule has 0 heterocycles. The average Bonchev–Trinajstić information content (AvgIpc) is 2.97. The molecule has 4 nitrogen and oxygen atoms in total. The molecule has 1 fully saturated rings. The molecule has 0 radical (unpaired) electrons. The van der Waals surface area contributed by atoms with Crippen molar-refractivity contribution in [3.63, 3.8) is 0 Å². The van der Waals surface area contributed by atoms with E-state index in [4.69, 9.17) is 0 Å². The average molecular weight is 316 g/mol. The monoisotopic (exact) mass is 316 g/mol. The second-order valence-corrected chi connectivity index (χ2v) is 5.47. The molecule has 2 rings (SSSR count). The van der Waals surface area contributed by atoms with Gasteiger partial charge < -0.3 is 15.7 Å². The predicted molar refractivity (Wildman–Crippen MR) is 75.2 cm³/mol. The summed E-state index contributed by atoms with van der Waals surface area (Å²) in [7, 11) is 0. The van der Waals surface area contributed by atoms with E-state index in [-0.39, 0.29) is 18.2 Å². The van der Waals surface area contributed by atoms with Crippen LogP contribution < -0.4 is 10.6 Å². The molecule has 1 aromatic carbocycles. The Bertz CT molecular complexity index is 514. The maximum atomic E-state index is 12.6. The zero-order chi connectivity index (χ0) is 16.2. The highest BCUT2D eigenvalue weighted by atomic mass is 19.4. The number of nitrogens with one attached hydrogen (secondary N) is 2. The number of alkyl halides is 3. The zero-order valence-corrected chi connectivity index (χ0v) is 12.0. The van der Waals surface area contributed by atoms with E-state index < -0.39 is 23.9 Å². The van der Waals surface area contributed by atoms with Crippen LogP contribution in [0.1, 0.15) is 42.9 Å². The fourth-order valence-electron chi connectivity index (χ4n) is 2.54. The van der Waals surface area contributed by atoms with Gasteiger partial charge in [0.15, 0.2) is 0 Å². The third-order valence-corrected chi connectivity index (χ3v) is 3.75. The van der Waals surface area contributed by atoms with Crippen LogP contribution >= 0.6 is 0 Å². The Balaban J connectivity index is 1.86. The highest BCUT2D eigenvalue weighted by Crippen LogP contribution is 2.30. The Kier molecular flexibility index (Phi) is 5.28. The molecule has 122 valence electrons. The summed E-state index contributed by atoms with van der Waals surface area (Å²) in [6, 6.07) is 4.21. The number of amides is 2. The first-order valence-electron chi connectivity index (χ1n) is 7.26. The van der Waals surface area contributed by atoms with Gasteiger partial charge in [-0.2, -0.15) is 13.2 Å². The number of halogens is 3. The smallest absolute Gasteiger partial charge is 0.387 e. The van der Waals surface area contributed by atoms with Crippen molar-refractivity contribution >= 4 is 6.03 Å². The third kappa shape index (κ3) is 4.62. The van der Waals surface area contributed by atoms with Gasteiger partial charge in [0, 0.05) is 12.6 Å². The van der Waals surface area contributed by atoms with Gasteiger partial charge in [-0.1, -0.05) is 25.0 Å². The number of carbonyl (C=O) groups excluding carboxylic acids is 1. The Morgan fingerprint density at radius 2 is 2.00 bits per heavy atom. The lowest BCUT2D eigenvalue weighted by atomic mass is 10.1. The lowest BCUT2D eigenvalue weighted by Crippen LogP contribution is -2.42. The molecule has 0 aliphatic heterocycles. The largest absolute Gasteiger partial charge is 0.416 e. The lowest BCUT2D eigenvalue weighted by Gasteiger charge is -2.16.